The van der Waals surface area contributed by atoms with Gasteiger partial charge in [-0.15, -0.1) is 11.8 Å². The number of hydrogen-bond acceptors (Lipinski definition) is 16. The summed E-state index contributed by atoms with van der Waals surface area (Å²) in [5, 5.41) is 26.6. The first-order valence-corrected chi connectivity index (χ1v) is 22.1. The molecule has 15 nitrogen and oxygen atoms in total. The van der Waals surface area contributed by atoms with Gasteiger partial charge in [-0.05, 0) is 81.0 Å². The summed E-state index contributed by atoms with van der Waals surface area (Å²) in [6.07, 6.45) is 1.46. The Kier molecular flexibility index (Phi) is 10.8. The Morgan fingerprint density at radius 3 is 2.36 bits per heavy atom. The van der Waals surface area contributed by atoms with Crippen molar-refractivity contribution in [2.75, 3.05) is 47.0 Å². The third kappa shape index (κ3) is 6.34. The van der Waals surface area contributed by atoms with E-state index in [4.69, 9.17) is 33.2 Å². The van der Waals surface area contributed by atoms with E-state index in [-0.39, 0.29) is 49.5 Å². The van der Waals surface area contributed by atoms with Gasteiger partial charge in [0.05, 0.1) is 37.6 Å². The van der Waals surface area contributed by atoms with Gasteiger partial charge in [-0.1, -0.05) is 19.9 Å². The van der Waals surface area contributed by atoms with E-state index < -0.39 is 53.1 Å². The Balaban J connectivity index is 1.32. The van der Waals surface area contributed by atoms with E-state index in [1.165, 1.54) is 18.9 Å². The topological polar surface area (TPSA) is 175 Å². The standard InChI is InChI=1S/C45H53N3O12S/c1-8-10-30(50)59-38-22(4)39-40(58-20-57-39)33-27-18-56-44(53)45(25-17-29(54-6)28(49)16-23(25)12-13-46-45)19-61-42(34(33)38)36-35-32-24(15-26(47(35)5)43(52)48(27)36)14-21(3)37(55-7)41(32)60-31(51)11-9-2/h14,16-17,26-27,35-36,42-43,46,49,52H,8-13,15,18-20H2,1-7H3/t26-,27-,35+,36?,42+,43-,45+/m0/s1. The number of rotatable bonds is 8. The molecule has 1 spiro atoms. The van der Waals surface area contributed by atoms with Crippen molar-refractivity contribution in [3.8, 4) is 40.2 Å². The number of ether oxygens (including phenoxy) is 7. The number of esters is 3. The second-order valence-corrected chi connectivity index (χ2v) is 17.9. The molecule has 0 saturated carbocycles. The summed E-state index contributed by atoms with van der Waals surface area (Å²) in [6, 6.07) is 3.03. The molecule has 7 aliphatic heterocycles. The lowest BCUT2D eigenvalue weighted by atomic mass is 9.73. The molecule has 3 aromatic rings. The van der Waals surface area contributed by atoms with Gasteiger partial charge in [-0.25, -0.2) is 4.79 Å². The van der Waals surface area contributed by atoms with E-state index in [1.807, 2.05) is 39.6 Å². The number of fused-ring (bicyclic) bond motifs is 9. The van der Waals surface area contributed by atoms with Crippen molar-refractivity contribution in [3.63, 3.8) is 0 Å². The average molecular weight is 860 g/mol. The zero-order valence-corrected chi connectivity index (χ0v) is 36.4. The number of carbonyl (C=O) groups excluding carboxylic acids is 3. The summed E-state index contributed by atoms with van der Waals surface area (Å²) in [5.41, 5.74) is 4.42. The van der Waals surface area contributed by atoms with Crippen LogP contribution in [-0.2, 0) is 37.5 Å². The lowest BCUT2D eigenvalue weighted by molar-refractivity contribution is -0.186. The third-order valence-corrected chi connectivity index (χ3v) is 14.8. The van der Waals surface area contributed by atoms with Crippen molar-refractivity contribution in [3.05, 3.63) is 62.7 Å². The van der Waals surface area contributed by atoms with E-state index in [0.29, 0.717) is 83.2 Å². The normalized spacial score (nSPS) is 27.3. The van der Waals surface area contributed by atoms with Crippen molar-refractivity contribution in [1.29, 1.82) is 0 Å². The number of aryl methyl sites for hydroxylation is 1. The van der Waals surface area contributed by atoms with Crippen LogP contribution in [0.1, 0.15) is 101 Å². The molecule has 1 unspecified atom stereocenters. The summed E-state index contributed by atoms with van der Waals surface area (Å²) in [7, 11) is 5.01. The van der Waals surface area contributed by atoms with E-state index in [2.05, 4.69) is 16.3 Å². The number of nitrogens with zero attached hydrogens (tertiary/aromatic N) is 2. The van der Waals surface area contributed by atoms with Crippen LogP contribution >= 0.6 is 11.8 Å². The molecule has 326 valence electrons. The SMILES string of the molecule is CCCC(=O)Oc1c(C)c2c(c3c1[C@H]1SC[C@]4(NCCc5cc(O)c(OC)cc54)C(=O)OC[C@@H]3N3C1[C@H]1c4c(cc(C)c(OC)c4OC(=O)CCC)C[C@@H]([C@@H]3O)N1C)OCO2. The van der Waals surface area contributed by atoms with Crippen LogP contribution in [0.4, 0.5) is 0 Å². The molecule has 61 heavy (non-hydrogen) atoms. The van der Waals surface area contributed by atoms with E-state index in [0.717, 1.165) is 22.3 Å². The Morgan fingerprint density at radius 1 is 0.934 bits per heavy atom. The van der Waals surface area contributed by atoms with Crippen molar-refractivity contribution in [2.45, 2.75) is 107 Å². The molecule has 0 aromatic heterocycles. The minimum atomic E-state index is -1.39. The summed E-state index contributed by atoms with van der Waals surface area (Å²) < 4.78 is 43.2. The number of likely N-dealkylation sites (N-methyl/N-ethyl adjacent to an activating group) is 1. The van der Waals surface area contributed by atoms with Crippen molar-refractivity contribution < 1.29 is 57.8 Å². The van der Waals surface area contributed by atoms with Gasteiger partial charge in [0.2, 0.25) is 6.79 Å². The van der Waals surface area contributed by atoms with E-state index in [1.54, 1.807) is 19.2 Å². The highest BCUT2D eigenvalue weighted by Crippen LogP contribution is 2.64. The highest BCUT2D eigenvalue weighted by Gasteiger charge is 2.61. The van der Waals surface area contributed by atoms with Gasteiger partial charge in [0.25, 0.3) is 0 Å². The number of benzene rings is 3. The second-order valence-electron chi connectivity index (χ2n) is 16.8. The lowest BCUT2D eigenvalue weighted by Crippen LogP contribution is -2.70. The van der Waals surface area contributed by atoms with Crippen LogP contribution in [0.25, 0.3) is 0 Å². The lowest BCUT2D eigenvalue weighted by Gasteiger charge is -2.62. The molecule has 0 amide bonds. The fourth-order valence-corrected chi connectivity index (χ4v) is 12.4. The fourth-order valence-electron chi connectivity index (χ4n) is 10.7. The fraction of sp³-hybridized carbons (Fsp3) is 0.533. The number of aliphatic hydroxyl groups excluding tert-OH is 1. The second kappa shape index (κ2) is 15.9. The molecule has 0 radical (unpaired) electrons. The van der Waals surface area contributed by atoms with Crippen LogP contribution in [0.3, 0.4) is 0 Å². The minimum absolute atomic E-state index is 0.0289. The van der Waals surface area contributed by atoms with Crippen LogP contribution in [0.5, 0.6) is 40.2 Å². The molecule has 7 aliphatic rings. The molecule has 7 atom stereocenters. The maximum absolute atomic E-state index is 14.9. The molecule has 7 heterocycles. The smallest absolute Gasteiger partial charge is 0.331 e. The monoisotopic (exact) mass is 859 g/mol. The Bertz CT molecular complexity index is 2320. The molecule has 2 saturated heterocycles. The van der Waals surface area contributed by atoms with Gasteiger partial charge >= 0.3 is 17.9 Å². The first-order valence-electron chi connectivity index (χ1n) is 21.1. The summed E-state index contributed by atoms with van der Waals surface area (Å²) >= 11 is 1.48. The molecule has 10 rings (SSSR count). The molecular weight excluding hydrogens is 807 g/mol. The van der Waals surface area contributed by atoms with Gasteiger partial charge in [0, 0.05) is 53.4 Å². The first kappa shape index (κ1) is 41.6. The molecule has 16 heteroatoms. The number of thioether (sulfide) groups is 1. The summed E-state index contributed by atoms with van der Waals surface area (Å²) in [4.78, 5) is 46.2. The average Bonchev–Trinajstić information content (AvgIpc) is 3.73. The van der Waals surface area contributed by atoms with Gasteiger partial charge in [-0.2, -0.15) is 0 Å². The quantitative estimate of drug-likeness (QED) is 0.199. The largest absolute Gasteiger partial charge is 0.504 e. The first-order chi connectivity index (χ1) is 29.4. The molecule has 2 fully saturated rings. The number of nitrogens with one attached hydrogen (secondary N) is 1. The molecule has 3 N–H and O–H groups in total. The number of hydrogen-bond donors (Lipinski definition) is 3. The van der Waals surface area contributed by atoms with Gasteiger partial charge in [0.1, 0.15) is 18.6 Å². The summed E-state index contributed by atoms with van der Waals surface area (Å²) in [6.45, 7) is 7.75. The molecule has 4 bridgehead atoms. The van der Waals surface area contributed by atoms with Gasteiger partial charge in [0.15, 0.2) is 40.0 Å². The van der Waals surface area contributed by atoms with Crippen LogP contribution in [0.15, 0.2) is 18.2 Å². The molecule has 3 aromatic carbocycles. The number of phenolic OH excluding ortho intramolecular Hbond substituents is 1. The van der Waals surface area contributed by atoms with Crippen molar-refractivity contribution in [1.82, 2.24) is 15.1 Å². The van der Waals surface area contributed by atoms with Crippen molar-refractivity contribution in [2.24, 2.45) is 0 Å². The number of aliphatic hydroxyl groups is 1. The Labute approximate surface area is 358 Å². The van der Waals surface area contributed by atoms with Crippen molar-refractivity contribution >= 4 is 29.7 Å². The third-order valence-electron chi connectivity index (χ3n) is 13.3. The van der Waals surface area contributed by atoms with E-state index >= 15 is 0 Å². The van der Waals surface area contributed by atoms with Crippen LogP contribution < -0.4 is 33.7 Å². The van der Waals surface area contributed by atoms with Crippen LogP contribution in [0.2, 0.25) is 0 Å². The predicted octanol–water partition coefficient (Wildman–Crippen LogP) is 5.19. The zero-order chi connectivity index (χ0) is 43.1. The predicted molar refractivity (Wildman–Crippen MR) is 223 cm³/mol. The molecular formula is C45H53N3O12S. The van der Waals surface area contributed by atoms with Crippen LogP contribution in [-0.4, -0.2) is 103 Å². The Hall–Kier alpha value is -4.74. The minimum Gasteiger partial charge on any atom is -0.504 e. The van der Waals surface area contributed by atoms with E-state index in [9.17, 15) is 24.6 Å². The summed E-state index contributed by atoms with van der Waals surface area (Å²) in [5.74, 6) is 1.02. The maximum atomic E-state index is 14.9. The number of methoxy groups -OCH3 is 2. The maximum Gasteiger partial charge on any atom is 0.331 e. The highest BCUT2D eigenvalue weighted by molar-refractivity contribution is 7.99. The zero-order valence-electron chi connectivity index (χ0n) is 35.5. The highest BCUT2D eigenvalue weighted by atomic mass is 32.2. The Morgan fingerprint density at radius 2 is 1.66 bits per heavy atom. The molecule has 0 aliphatic carbocycles. The number of phenols is 1. The number of aromatic hydroxyl groups is 1. The van der Waals surface area contributed by atoms with Gasteiger partial charge in [-0.3, -0.25) is 24.7 Å². The van der Waals surface area contributed by atoms with Gasteiger partial charge < -0.3 is 43.4 Å². The van der Waals surface area contributed by atoms with Crippen LogP contribution in [0, 0.1) is 13.8 Å². The number of piperazine rings is 1. The number of carbonyl (C=O) groups is 3.